The second-order valence-electron chi connectivity index (χ2n) is 12.9. The Kier molecular flexibility index (Phi) is 10.3. The number of carbonyl (C=O) groups excluding carboxylic acids is 3. The van der Waals surface area contributed by atoms with Crippen molar-refractivity contribution in [3.63, 3.8) is 0 Å². The van der Waals surface area contributed by atoms with E-state index in [2.05, 4.69) is 15.3 Å². The van der Waals surface area contributed by atoms with E-state index in [1.165, 1.54) is 42.9 Å². The number of thiazole rings is 1. The largest absolute Gasteiger partial charge is 0.481 e. The minimum atomic E-state index is -4.08. The summed E-state index contributed by atoms with van der Waals surface area (Å²) in [6.45, 7) is 8.23. The minimum Gasteiger partial charge on any atom is -0.481 e. The van der Waals surface area contributed by atoms with Gasteiger partial charge in [-0.2, -0.15) is 4.31 Å². The van der Waals surface area contributed by atoms with Crippen molar-refractivity contribution in [3.05, 3.63) is 35.9 Å². The smallest absolute Gasteiger partial charge is 0.328 e. The molecular formula is C32H42N6O8S2. The molecule has 14 nitrogen and oxygen atoms in total. The van der Waals surface area contributed by atoms with Crippen LogP contribution in [0.5, 0.6) is 5.88 Å². The average molecular weight is 703 g/mol. The summed E-state index contributed by atoms with van der Waals surface area (Å²) in [5, 5.41) is 3.23. The molecule has 1 spiro atoms. The fourth-order valence-electron chi connectivity index (χ4n) is 6.10. The molecule has 1 atom stereocenters. The lowest BCUT2D eigenvalue weighted by Crippen LogP contribution is -2.41. The second kappa shape index (κ2) is 13.9. The maximum Gasteiger partial charge on any atom is 0.328 e. The predicted molar refractivity (Wildman–Crippen MR) is 181 cm³/mol. The molecule has 3 amide bonds. The number of hydrogen-bond donors (Lipinski definition) is 1. The third-order valence-corrected chi connectivity index (χ3v) is 11.1. The van der Waals surface area contributed by atoms with Gasteiger partial charge in [0, 0.05) is 70.5 Å². The molecule has 0 bridgehead atoms. The number of nitrogens with one attached hydrogen (secondary N) is 1. The van der Waals surface area contributed by atoms with E-state index >= 15 is 0 Å². The summed E-state index contributed by atoms with van der Waals surface area (Å²) in [7, 11) is -1.02. The highest BCUT2D eigenvalue weighted by Crippen LogP contribution is 2.47. The maximum absolute atomic E-state index is 14.1. The van der Waals surface area contributed by atoms with Gasteiger partial charge in [-0.3, -0.25) is 19.8 Å². The van der Waals surface area contributed by atoms with Crippen LogP contribution in [0.2, 0.25) is 0 Å². The number of pyridine rings is 1. The molecule has 2 aliphatic rings. The monoisotopic (exact) mass is 702 g/mol. The van der Waals surface area contributed by atoms with E-state index in [-0.39, 0.29) is 36.9 Å². The van der Waals surface area contributed by atoms with Crippen molar-refractivity contribution in [2.24, 2.45) is 0 Å². The van der Waals surface area contributed by atoms with Crippen molar-refractivity contribution >= 4 is 60.4 Å². The van der Waals surface area contributed by atoms with Crippen molar-refractivity contribution in [1.29, 1.82) is 0 Å². The van der Waals surface area contributed by atoms with Gasteiger partial charge in [-0.1, -0.05) is 11.3 Å². The normalized spacial score (nSPS) is 17.7. The van der Waals surface area contributed by atoms with Crippen LogP contribution >= 0.6 is 11.3 Å². The molecule has 3 aromatic rings. The first kappa shape index (κ1) is 35.4. The van der Waals surface area contributed by atoms with Crippen LogP contribution in [0.25, 0.3) is 10.3 Å². The number of esters is 1. The van der Waals surface area contributed by atoms with Crippen molar-refractivity contribution in [3.8, 4) is 5.88 Å². The topological polar surface area (TPSA) is 161 Å². The number of hydrogen-bond acceptors (Lipinski definition) is 11. The fraction of sp³-hybridized carbons (Fsp3) is 0.531. The molecule has 0 radical (unpaired) electrons. The van der Waals surface area contributed by atoms with E-state index in [0.717, 1.165) is 0 Å². The number of nitrogens with zero attached hydrogens (tertiary/aromatic N) is 5. The van der Waals surface area contributed by atoms with Crippen molar-refractivity contribution in [2.45, 2.75) is 62.9 Å². The molecule has 1 saturated heterocycles. The molecule has 1 N–H and O–H groups in total. The minimum absolute atomic E-state index is 0.0389. The van der Waals surface area contributed by atoms with E-state index in [9.17, 15) is 22.8 Å². The summed E-state index contributed by atoms with van der Waals surface area (Å²) in [5.41, 5.74) is 0.457. The number of amides is 3. The van der Waals surface area contributed by atoms with Crippen LogP contribution in [-0.2, 0) is 34.5 Å². The van der Waals surface area contributed by atoms with Gasteiger partial charge in [0.2, 0.25) is 21.8 Å². The standard InChI is InChI=1S/C32H42N6O8S2/c1-21(39)36-16-13-32(19-36)20-38(30(41)35-29-33-24-9-11-26(45-6)34-28(24)47-29)25-10-8-22(18-23(25)32)48(42,43)37(14-7-17-44-5)15-12-27(40)46-31(2,3)4/h8-11,18H,7,12-17,19-20H2,1-6H3,(H,33,35,41). The first-order valence-electron chi connectivity index (χ1n) is 15.7. The third kappa shape index (κ3) is 7.56. The van der Waals surface area contributed by atoms with E-state index in [0.29, 0.717) is 65.1 Å². The van der Waals surface area contributed by atoms with Crippen molar-refractivity contribution < 1.29 is 37.0 Å². The molecule has 1 unspecified atom stereocenters. The van der Waals surface area contributed by atoms with Gasteiger partial charge in [-0.05, 0) is 63.4 Å². The lowest BCUT2D eigenvalue weighted by Gasteiger charge is -2.26. The van der Waals surface area contributed by atoms with E-state index in [1.54, 1.807) is 54.8 Å². The molecule has 2 aromatic heterocycles. The van der Waals surface area contributed by atoms with Gasteiger partial charge >= 0.3 is 12.0 Å². The zero-order valence-electron chi connectivity index (χ0n) is 28.1. The Morgan fingerprint density at radius 2 is 1.85 bits per heavy atom. The molecule has 0 aliphatic carbocycles. The lowest BCUT2D eigenvalue weighted by atomic mass is 9.81. The van der Waals surface area contributed by atoms with Gasteiger partial charge in [0.1, 0.15) is 15.9 Å². The Bertz CT molecular complexity index is 1810. The van der Waals surface area contributed by atoms with Crippen molar-refractivity contribution in [2.75, 3.05) is 63.8 Å². The van der Waals surface area contributed by atoms with E-state index < -0.39 is 33.0 Å². The Hall–Kier alpha value is -3.86. The summed E-state index contributed by atoms with van der Waals surface area (Å²) in [6.07, 6.45) is 0.858. The number of sulfonamides is 1. The van der Waals surface area contributed by atoms with Crippen LogP contribution in [0.15, 0.2) is 35.2 Å². The van der Waals surface area contributed by atoms with Gasteiger partial charge in [0.05, 0.1) is 18.4 Å². The van der Waals surface area contributed by atoms with E-state index in [1.807, 2.05) is 0 Å². The van der Waals surface area contributed by atoms with Crippen LogP contribution in [0.1, 0.15) is 52.5 Å². The Morgan fingerprint density at radius 3 is 2.52 bits per heavy atom. The van der Waals surface area contributed by atoms with Crippen LogP contribution in [0.3, 0.4) is 0 Å². The number of anilines is 2. The molecule has 16 heteroatoms. The number of methoxy groups -OCH3 is 2. The first-order chi connectivity index (χ1) is 22.7. The van der Waals surface area contributed by atoms with Crippen molar-refractivity contribution in [1.82, 2.24) is 19.2 Å². The Morgan fingerprint density at radius 1 is 1.08 bits per heavy atom. The molecule has 0 saturated carbocycles. The van der Waals surface area contributed by atoms with E-state index in [4.69, 9.17) is 14.2 Å². The number of rotatable bonds is 11. The molecule has 2 aliphatic heterocycles. The number of benzene rings is 1. The summed E-state index contributed by atoms with van der Waals surface area (Å²) < 4.78 is 45.3. The number of likely N-dealkylation sites (tertiary alicyclic amines) is 1. The molecule has 4 heterocycles. The maximum atomic E-state index is 14.1. The second-order valence-corrected chi connectivity index (χ2v) is 15.9. The molecule has 5 rings (SSSR count). The molecule has 1 fully saturated rings. The first-order valence-corrected chi connectivity index (χ1v) is 17.9. The summed E-state index contributed by atoms with van der Waals surface area (Å²) in [4.78, 5) is 51.5. The van der Waals surface area contributed by atoms with Gasteiger partial charge in [0.25, 0.3) is 0 Å². The highest BCUT2D eigenvalue weighted by Gasteiger charge is 2.50. The molecule has 260 valence electrons. The van der Waals surface area contributed by atoms with Crippen LogP contribution in [0.4, 0.5) is 15.6 Å². The van der Waals surface area contributed by atoms with Gasteiger partial charge in [0.15, 0.2) is 5.13 Å². The number of carbonyl (C=O) groups is 3. The van der Waals surface area contributed by atoms with Crippen LogP contribution < -0.4 is 15.0 Å². The average Bonchev–Trinajstić information content (AvgIpc) is 3.73. The zero-order valence-corrected chi connectivity index (χ0v) is 29.7. The number of ether oxygens (including phenoxy) is 3. The van der Waals surface area contributed by atoms with Crippen LogP contribution in [0, 0.1) is 0 Å². The predicted octanol–water partition coefficient (Wildman–Crippen LogP) is 4.00. The third-order valence-electron chi connectivity index (χ3n) is 8.37. The highest BCUT2D eigenvalue weighted by atomic mass is 32.2. The Balaban J connectivity index is 1.46. The molecular weight excluding hydrogens is 661 g/mol. The molecule has 1 aromatic carbocycles. The van der Waals surface area contributed by atoms with Gasteiger partial charge in [-0.25, -0.2) is 23.2 Å². The highest BCUT2D eigenvalue weighted by molar-refractivity contribution is 7.89. The quantitative estimate of drug-likeness (QED) is 0.229. The summed E-state index contributed by atoms with van der Waals surface area (Å²) >= 11 is 1.21. The SMILES string of the molecule is COCCCN(CCC(=O)OC(C)(C)C)S(=O)(=O)c1ccc2c(c1)C1(CCN(C(C)=O)C1)CN2C(=O)Nc1nc2ccc(OC)nc2s1. The summed E-state index contributed by atoms with van der Waals surface area (Å²) in [6, 6.07) is 7.75. The molecule has 48 heavy (non-hydrogen) atoms. The van der Waals surface area contributed by atoms with Gasteiger partial charge in [-0.15, -0.1) is 0 Å². The lowest BCUT2D eigenvalue weighted by molar-refractivity contribution is -0.154. The zero-order chi connectivity index (χ0) is 34.9. The number of aromatic nitrogens is 2. The van der Waals surface area contributed by atoms with Gasteiger partial charge < -0.3 is 19.1 Å². The fourth-order valence-corrected chi connectivity index (χ4v) is 8.43. The number of fused-ring (bicyclic) bond motifs is 3. The van der Waals surface area contributed by atoms with Crippen LogP contribution in [-0.4, -0.2) is 105 Å². The Labute approximate surface area is 284 Å². The summed E-state index contributed by atoms with van der Waals surface area (Å²) in [5.74, 6) is -0.158. The number of urea groups is 1.